The number of amides is 1. The van der Waals surface area contributed by atoms with Crippen molar-refractivity contribution in [2.45, 2.75) is 26.2 Å². The molecule has 0 aliphatic rings. The molecule has 0 fully saturated rings. The highest BCUT2D eigenvalue weighted by Crippen LogP contribution is 2.23. The summed E-state index contributed by atoms with van der Waals surface area (Å²) in [6.07, 6.45) is 1.69. The third-order valence-electron chi connectivity index (χ3n) is 3.81. The first kappa shape index (κ1) is 18.9. The summed E-state index contributed by atoms with van der Waals surface area (Å²) in [5, 5.41) is 2.80. The maximum atomic E-state index is 14.6. The molecule has 6 heteroatoms. The molecule has 3 aromatic rings. The Balaban J connectivity index is 1.63. The van der Waals surface area contributed by atoms with Gasteiger partial charge >= 0.3 is 0 Å². The molecular weight excluding hydrogens is 363 g/mol. The van der Waals surface area contributed by atoms with E-state index in [9.17, 15) is 9.18 Å². The molecule has 4 nitrogen and oxygen atoms in total. The van der Waals surface area contributed by atoms with Gasteiger partial charge in [0.2, 0.25) is 5.91 Å². The molecule has 0 bridgehead atoms. The van der Waals surface area contributed by atoms with Gasteiger partial charge in [-0.1, -0.05) is 30.9 Å². The predicted molar refractivity (Wildman–Crippen MR) is 107 cm³/mol. The number of nitrogens with one attached hydrogen (secondary N) is 1. The second-order valence-corrected chi connectivity index (χ2v) is 6.77. The Morgan fingerprint density at radius 1 is 1.30 bits per heavy atom. The number of halogens is 1. The topological polar surface area (TPSA) is 51.2 Å². The van der Waals surface area contributed by atoms with Crippen molar-refractivity contribution in [1.82, 2.24) is 4.98 Å². The number of thiazole rings is 1. The second kappa shape index (κ2) is 9.15. The lowest BCUT2D eigenvalue weighted by Crippen LogP contribution is -2.15. The van der Waals surface area contributed by atoms with Crippen molar-refractivity contribution in [3.8, 4) is 17.6 Å². The number of anilines is 1. The van der Waals surface area contributed by atoms with Crippen LogP contribution in [0.25, 0.3) is 10.2 Å². The summed E-state index contributed by atoms with van der Waals surface area (Å²) in [5.74, 6) is 5.08. The summed E-state index contributed by atoms with van der Waals surface area (Å²) in [7, 11) is 0. The zero-order chi connectivity index (χ0) is 19.1. The van der Waals surface area contributed by atoms with E-state index in [1.165, 1.54) is 17.4 Å². The number of rotatable bonds is 6. The normalized spacial score (nSPS) is 10.3. The second-order valence-electron chi connectivity index (χ2n) is 5.88. The zero-order valence-corrected chi connectivity index (χ0v) is 15.7. The van der Waals surface area contributed by atoms with Gasteiger partial charge < -0.3 is 10.1 Å². The molecule has 0 aliphatic heterocycles. The molecule has 1 heterocycles. The van der Waals surface area contributed by atoms with Crippen LogP contribution in [0.1, 0.15) is 25.3 Å². The lowest BCUT2D eigenvalue weighted by Gasteiger charge is -2.09. The van der Waals surface area contributed by atoms with Gasteiger partial charge in [0.25, 0.3) is 0 Å². The number of fused-ring (bicyclic) bond motifs is 1. The lowest BCUT2D eigenvalue weighted by atomic mass is 10.1. The average molecular weight is 382 g/mol. The minimum Gasteiger partial charge on any atom is -0.478 e. The van der Waals surface area contributed by atoms with Gasteiger partial charge in [0.1, 0.15) is 6.61 Å². The van der Waals surface area contributed by atoms with E-state index in [4.69, 9.17) is 4.74 Å². The van der Waals surface area contributed by atoms with Crippen LogP contribution in [0.5, 0.6) is 5.75 Å². The van der Waals surface area contributed by atoms with Gasteiger partial charge in [0.05, 0.1) is 22.1 Å². The van der Waals surface area contributed by atoms with Crippen molar-refractivity contribution < 1.29 is 13.9 Å². The molecule has 0 aliphatic carbocycles. The molecule has 27 heavy (non-hydrogen) atoms. The SMILES string of the molecule is CCCC#CCOc1cccc(CC(=O)Nc2ccc3ncsc3c2)c1F. The quantitative estimate of drug-likeness (QED) is 0.623. The number of aromatic nitrogens is 1. The number of unbranched alkanes of at least 4 members (excludes halogenated alkanes) is 1. The fourth-order valence-electron chi connectivity index (χ4n) is 2.49. The van der Waals surface area contributed by atoms with Crippen molar-refractivity contribution in [1.29, 1.82) is 0 Å². The van der Waals surface area contributed by atoms with E-state index >= 15 is 0 Å². The summed E-state index contributed by atoms with van der Waals surface area (Å²) < 4.78 is 20.9. The average Bonchev–Trinajstić information content (AvgIpc) is 3.12. The minimum absolute atomic E-state index is 0.0781. The maximum Gasteiger partial charge on any atom is 0.228 e. The van der Waals surface area contributed by atoms with Crippen LogP contribution in [0.15, 0.2) is 41.9 Å². The van der Waals surface area contributed by atoms with Gasteiger partial charge in [-0.25, -0.2) is 9.37 Å². The van der Waals surface area contributed by atoms with E-state index in [0.717, 1.165) is 23.1 Å². The summed E-state index contributed by atoms with van der Waals surface area (Å²) in [4.78, 5) is 16.5. The Morgan fingerprint density at radius 3 is 3.04 bits per heavy atom. The van der Waals surface area contributed by atoms with Crippen molar-refractivity contribution in [3.63, 3.8) is 0 Å². The van der Waals surface area contributed by atoms with Gasteiger partial charge in [0.15, 0.2) is 11.6 Å². The monoisotopic (exact) mass is 382 g/mol. The molecule has 1 aromatic heterocycles. The van der Waals surface area contributed by atoms with Gasteiger partial charge in [-0.15, -0.1) is 11.3 Å². The number of nitrogens with zero attached hydrogens (tertiary/aromatic N) is 1. The molecule has 1 amide bonds. The zero-order valence-electron chi connectivity index (χ0n) is 14.9. The summed E-state index contributed by atoms with van der Waals surface area (Å²) in [6, 6.07) is 10.3. The molecule has 1 N–H and O–H groups in total. The first-order valence-corrected chi connectivity index (χ1v) is 9.54. The molecule has 0 unspecified atom stereocenters. The van der Waals surface area contributed by atoms with E-state index in [-0.39, 0.29) is 30.2 Å². The van der Waals surface area contributed by atoms with Crippen molar-refractivity contribution >= 4 is 33.1 Å². The molecule has 0 atom stereocenters. The van der Waals surface area contributed by atoms with Gasteiger partial charge in [-0.05, 0) is 30.7 Å². The van der Waals surface area contributed by atoms with Crippen LogP contribution in [-0.2, 0) is 11.2 Å². The standard InChI is InChI=1S/C21H19FN2O2S/c1-2-3-4-5-11-26-18-8-6-7-15(21(18)22)12-20(25)24-16-9-10-17-19(13-16)27-14-23-17/h6-10,13-14H,2-3,11-12H2,1H3,(H,24,25). The van der Waals surface area contributed by atoms with Crippen molar-refractivity contribution in [2.75, 3.05) is 11.9 Å². The highest BCUT2D eigenvalue weighted by molar-refractivity contribution is 7.16. The smallest absolute Gasteiger partial charge is 0.228 e. The predicted octanol–water partition coefficient (Wildman–Crippen LogP) is 4.80. The van der Waals surface area contributed by atoms with E-state index in [1.807, 2.05) is 19.1 Å². The Bertz CT molecular complexity index is 1000. The highest BCUT2D eigenvalue weighted by atomic mass is 32.1. The van der Waals surface area contributed by atoms with Crippen molar-refractivity contribution in [2.24, 2.45) is 0 Å². The highest BCUT2D eigenvalue weighted by Gasteiger charge is 2.13. The van der Waals surface area contributed by atoms with Crippen LogP contribution in [0.3, 0.4) is 0 Å². The molecular formula is C21H19FN2O2S. The number of ether oxygens (including phenoxy) is 1. The van der Waals surface area contributed by atoms with Crippen LogP contribution in [0.4, 0.5) is 10.1 Å². The summed E-state index contributed by atoms with van der Waals surface area (Å²) in [5.41, 5.74) is 3.58. The fourth-order valence-corrected chi connectivity index (χ4v) is 3.21. The van der Waals surface area contributed by atoms with E-state index in [0.29, 0.717) is 5.69 Å². The van der Waals surface area contributed by atoms with Crippen molar-refractivity contribution in [3.05, 3.63) is 53.3 Å². The van der Waals surface area contributed by atoms with E-state index in [2.05, 4.69) is 22.1 Å². The molecule has 0 spiro atoms. The van der Waals surface area contributed by atoms with E-state index < -0.39 is 5.82 Å². The molecule has 2 aromatic carbocycles. The number of hydrogen-bond acceptors (Lipinski definition) is 4. The van der Waals surface area contributed by atoms with Crippen LogP contribution >= 0.6 is 11.3 Å². The summed E-state index contributed by atoms with van der Waals surface area (Å²) in [6.45, 7) is 2.17. The first-order valence-electron chi connectivity index (χ1n) is 8.66. The van der Waals surface area contributed by atoms with Crippen LogP contribution in [0, 0.1) is 17.7 Å². The Morgan fingerprint density at radius 2 is 2.19 bits per heavy atom. The Labute approximate surface area is 161 Å². The molecule has 0 saturated carbocycles. The number of benzene rings is 2. The van der Waals surface area contributed by atoms with Gasteiger partial charge in [-0.2, -0.15) is 0 Å². The number of carbonyl (C=O) groups is 1. The Kier molecular flexibility index (Phi) is 6.39. The molecule has 138 valence electrons. The lowest BCUT2D eigenvalue weighted by molar-refractivity contribution is -0.115. The van der Waals surface area contributed by atoms with Crippen LogP contribution in [0.2, 0.25) is 0 Å². The third-order valence-corrected chi connectivity index (χ3v) is 4.60. The third kappa shape index (κ3) is 5.05. The fraction of sp³-hybridized carbons (Fsp3) is 0.238. The van der Waals surface area contributed by atoms with Crippen LogP contribution in [-0.4, -0.2) is 17.5 Å². The minimum atomic E-state index is -0.525. The molecule has 0 radical (unpaired) electrons. The maximum absolute atomic E-state index is 14.6. The number of carbonyl (C=O) groups excluding carboxylic acids is 1. The first-order chi connectivity index (χ1) is 13.2. The van der Waals surface area contributed by atoms with Gasteiger partial charge in [-0.3, -0.25) is 4.79 Å². The van der Waals surface area contributed by atoms with E-state index in [1.54, 1.807) is 23.7 Å². The Hall–Kier alpha value is -2.91. The largest absolute Gasteiger partial charge is 0.478 e. The number of hydrogen-bond donors (Lipinski definition) is 1. The molecule has 0 saturated heterocycles. The van der Waals surface area contributed by atoms with Crippen LogP contribution < -0.4 is 10.1 Å². The summed E-state index contributed by atoms with van der Waals surface area (Å²) >= 11 is 1.50. The molecule has 3 rings (SSSR count). The van der Waals surface area contributed by atoms with Gasteiger partial charge in [0, 0.05) is 17.7 Å².